The average molecular weight is 214 g/mol. The van der Waals surface area contributed by atoms with Crippen LogP contribution < -0.4 is 5.73 Å². The van der Waals surface area contributed by atoms with Gasteiger partial charge in [-0.1, -0.05) is 30.2 Å². The first-order chi connectivity index (χ1) is 6.65. The molecule has 0 aliphatic carbocycles. The summed E-state index contributed by atoms with van der Waals surface area (Å²) in [5.41, 5.74) is 7.35. The molecule has 0 unspecified atom stereocenters. The number of halogens is 2. The van der Waals surface area contributed by atoms with E-state index in [1.165, 1.54) is 12.1 Å². The van der Waals surface area contributed by atoms with Crippen LogP contribution in [-0.2, 0) is 0 Å². The van der Waals surface area contributed by atoms with Gasteiger partial charge >= 0.3 is 0 Å². The van der Waals surface area contributed by atoms with Crippen molar-refractivity contribution in [2.24, 2.45) is 5.73 Å². The van der Waals surface area contributed by atoms with E-state index in [0.29, 0.717) is 11.6 Å². The Kier molecular flexibility index (Phi) is 4.11. The van der Waals surface area contributed by atoms with E-state index >= 15 is 0 Å². The minimum atomic E-state index is -0.323. The zero-order valence-electron chi connectivity index (χ0n) is 8.06. The van der Waals surface area contributed by atoms with E-state index in [1.54, 1.807) is 6.07 Å². The van der Waals surface area contributed by atoms with Crippen LogP contribution in [0.2, 0.25) is 5.02 Å². The van der Waals surface area contributed by atoms with E-state index in [0.717, 1.165) is 17.6 Å². The number of hydrogen-bond acceptors (Lipinski definition) is 1. The molecule has 0 amide bonds. The minimum absolute atomic E-state index is 0.323. The lowest BCUT2D eigenvalue weighted by Crippen LogP contribution is -2.01. The van der Waals surface area contributed by atoms with Gasteiger partial charge in [0.05, 0.1) is 0 Å². The second-order valence-corrected chi connectivity index (χ2v) is 3.50. The van der Waals surface area contributed by atoms with Gasteiger partial charge in [0.25, 0.3) is 0 Å². The van der Waals surface area contributed by atoms with E-state index in [4.69, 9.17) is 17.3 Å². The molecule has 0 spiro atoms. The molecule has 0 saturated carbocycles. The largest absolute Gasteiger partial charge is 0.327 e. The third kappa shape index (κ3) is 3.13. The highest BCUT2D eigenvalue weighted by molar-refractivity contribution is 6.30. The highest BCUT2D eigenvalue weighted by Gasteiger charge is 1.98. The summed E-state index contributed by atoms with van der Waals surface area (Å²) >= 11 is 5.72. The summed E-state index contributed by atoms with van der Waals surface area (Å²) in [6, 6.07) is 4.44. The first-order valence-corrected chi connectivity index (χ1v) is 4.89. The maximum atomic E-state index is 12.9. The van der Waals surface area contributed by atoms with Gasteiger partial charge in [-0.05, 0) is 30.2 Å². The number of benzene rings is 1. The summed E-state index contributed by atoms with van der Waals surface area (Å²) in [6.07, 6.45) is 2.74. The predicted octanol–water partition coefficient (Wildman–Crippen LogP) is 3.23. The van der Waals surface area contributed by atoms with Crippen molar-refractivity contribution in [2.45, 2.75) is 13.3 Å². The molecule has 0 radical (unpaired) electrons. The SMILES string of the molecule is CC/C(=C/c1cc(F)cc(Cl)c1)CN. The van der Waals surface area contributed by atoms with Crippen molar-refractivity contribution in [3.63, 3.8) is 0 Å². The third-order valence-corrected chi connectivity index (χ3v) is 2.19. The number of hydrogen-bond donors (Lipinski definition) is 1. The van der Waals surface area contributed by atoms with Crippen molar-refractivity contribution >= 4 is 17.7 Å². The zero-order chi connectivity index (χ0) is 10.6. The highest BCUT2D eigenvalue weighted by atomic mass is 35.5. The maximum Gasteiger partial charge on any atom is 0.125 e. The Morgan fingerprint density at radius 3 is 2.71 bits per heavy atom. The Labute approximate surface area is 88.4 Å². The van der Waals surface area contributed by atoms with E-state index in [9.17, 15) is 4.39 Å². The molecule has 0 fully saturated rings. The standard InChI is InChI=1S/C11H13ClFN/c1-2-8(7-14)3-9-4-10(12)6-11(13)5-9/h3-6H,2,7,14H2,1H3/b8-3-. The second kappa shape index (κ2) is 5.13. The molecule has 0 aromatic heterocycles. The molecule has 0 aliphatic heterocycles. The predicted molar refractivity (Wildman–Crippen MR) is 58.7 cm³/mol. The van der Waals surface area contributed by atoms with Crippen LogP contribution in [0.5, 0.6) is 0 Å². The Morgan fingerprint density at radius 2 is 2.21 bits per heavy atom. The van der Waals surface area contributed by atoms with Gasteiger partial charge in [-0.15, -0.1) is 0 Å². The molecule has 1 aromatic rings. The van der Waals surface area contributed by atoms with E-state index < -0.39 is 0 Å². The lowest BCUT2D eigenvalue weighted by Gasteiger charge is -2.01. The lowest BCUT2D eigenvalue weighted by atomic mass is 10.1. The second-order valence-electron chi connectivity index (χ2n) is 3.06. The molecule has 2 N–H and O–H groups in total. The van der Waals surface area contributed by atoms with Crippen LogP contribution in [0.4, 0.5) is 4.39 Å². The van der Waals surface area contributed by atoms with Gasteiger partial charge in [0.1, 0.15) is 5.82 Å². The van der Waals surface area contributed by atoms with Crippen molar-refractivity contribution in [2.75, 3.05) is 6.54 Å². The summed E-state index contributed by atoms with van der Waals surface area (Å²) in [7, 11) is 0. The molecule has 3 heteroatoms. The monoisotopic (exact) mass is 213 g/mol. The van der Waals surface area contributed by atoms with Crippen LogP contribution in [0.25, 0.3) is 6.08 Å². The van der Waals surface area contributed by atoms with Crippen molar-refractivity contribution in [3.05, 3.63) is 40.2 Å². The highest BCUT2D eigenvalue weighted by Crippen LogP contribution is 2.17. The van der Waals surface area contributed by atoms with Gasteiger partial charge in [-0.2, -0.15) is 0 Å². The fourth-order valence-electron chi connectivity index (χ4n) is 1.20. The summed E-state index contributed by atoms with van der Waals surface area (Å²) in [5, 5.41) is 0.406. The fourth-order valence-corrected chi connectivity index (χ4v) is 1.43. The first kappa shape index (κ1) is 11.2. The Balaban J connectivity index is 3.01. The smallest absolute Gasteiger partial charge is 0.125 e. The van der Waals surface area contributed by atoms with Gasteiger partial charge < -0.3 is 5.73 Å². The van der Waals surface area contributed by atoms with Gasteiger partial charge in [0.15, 0.2) is 0 Å². The van der Waals surface area contributed by atoms with Crippen LogP contribution in [0.1, 0.15) is 18.9 Å². The fraction of sp³-hybridized carbons (Fsp3) is 0.273. The maximum absolute atomic E-state index is 12.9. The molecule has 0 heterocycles. The van der Waals surface area contributed by atoms with Gasteiger partial charge in [0, 0.05) is 11.6 Å². The quantitative estimate of drug-likeness (QED) is 0.820. The van der Waals surface area contributed by atoms with Crippen molar-refractivity contribution in [3.8, 4) is 0 Å². The molecule has 1 nitrogen and oxygen atoms in total. The van der Waals surface area contributed by atoms with Gasteiger partial charge in [-0.25, -0.2) is 4.39 Å². The Bertz CT molecular complexity index is 321. The summed E-state index contributed by atoms with van der Waals surface area (Å²) in [5.74, 6) is -0.323. The summed E-state index contributed by atoms with van der Waals surface area (Å²) in [6.45, 7) is 2.50. The van der Waals surface area contributed by atoms with Crippen LogP contribution in [0.3, 0.4) is 0 Å². The molecule has 14 heavy (non-hydrogen) atoms. The Hall–Kier alpha value is -0.860. The van der Waals surface area contributed by atoms with Gasteiger partial charge in [-0.3, -0.25) is 0 Å². The molecule has 0 atom stereocenters. The van der Waals surface area contributed by atoms with Crippen molar-refractivity contribution in [1.82, 2.24) is 0 Å². The number of nitrogens with two attached hydrogens (primary N) is 1. The van der Waals surface area contributed by atoms with Crippen LogP contribution >= 0.6 is 11.6 Å². The van der Waals surface area contributed by atoms with Crippen LogP contribution in [0.15, 0.2) is 23.8 Å². The molecule has 0 saturated heterocycles. The van der Waals surface area contributed by atoms with E-state index in [2.05, 4.69) is 0 Å². The molecular formula is C11H13ClFN. The van der Waals surface area contributed by atoms with Crippen LogP contribution in [0, 0.1) is 5.82 Å². The Morgan fingerprint density at radius 1 is 1.50 bits per heavy atom. The van der Waals surface area contributed by atoms with Crippen molar-refractivity contribution < 1.29 is 4.39 Å². The lowest BCUT2D eigenvalue weighted by molar-refractivity contribution is 0.627. The van der Waals surface area contributed by atoms with Crippen LogP contribution in [-0.4, -0.2) is 6.54 Å². The van der Waals surface area contributed by atoms with Gasteiger partial charge in [0.2, 0.25) is 0 Å². The molecule has 1 aromatic carbocycles. The normalized spacial score (nSPS) is 11.9. The molecular weight excluding hydrogens is 201 g/mol. The topological polar surface area (TPSA) is 26.0 Å². The third-order valence-electron chi connectivity index (χ3n) is 1.97. The molecule has 1 rings (SSSR count). The van der Waals surface area contributed by atoms with E-state index in [1.807, 2.05) is 13.0 Å². The molecule has 76 valence electrons. The average Bonchev–Trinajstić information content (AvgIpc) is 2.12. The molecule has 0 aliphatic rings. The van der Waals surface area contributed by atoms with Crippen molar-refractivity contribution in [1.29, 1.82) is 0 Å². The minimum Gasteiger partial charge on any atom is -0.327 e. The van der Waals surface area contributed by atoms with E-state index in [-0.39, 0.29) is 5.82 Å². The summed E-state index contributed by atoms with van der Waals surface area (Å²) in [4.78, 5) is 0. The molecule has 0 bridgehead atoms. The first-order valence-electron chi connectivity index (χ1n) is 4.51. The number of rotatable bonds is 3. The zero-order valence-corrected chi connectivity index (χ0v) is 8.81. The summed E-state index contributed by atoms with van der Waals surface area (Å²) < 4.78 is 12.9.